The number of nitrogens with two attached hydrogens (primary N) is 1. The zero-order valence-electron chi connectivity index (χ0n) is 11.8. The Morgan fingerprint density at radius 3 is 2.90 bits per heavy atom. The number of carbonyl (C=O) groups is 1. The van der Waals surface area contributed by atoms with Crippen LogP contribution in [0.4, 0.5) is 5.13 Å². The molecule has 1 aromatic carbocycles. The Morgan fingerprint density at radius 1 is 1.38 bits per heavy atom. The number of nitrogens with zero attached hydrogens (tertiary/aromatic N) is 2. The van der Waals surface area contributed by atoms with E-state index < -0.39 is 0 Å². The van der Waals surface area contributed by atoms with Crippen molar-refractivity contribution < 1.29 is 4.79 Å². The second kappa shape index (κ2) is 5.46. The van der Waals surface area contributed by atoms with E-state index in [1.54, 1.807) is 16.2 Å². The van der Waals surface area contributed by atoms with Gasteiger partial charge in [0.05, 0.1) is 16.8 Å². The summed E-state index contributed by atoms with van der Waals surface area (Å²) in [6.07, 6.45) is 0. The summed E-state index contributed by atoms with van der Waals surface area (Å²) < 4.78 is 0.944. The van der Waals surface area contributed by atoms with Crippen LogP contribution in [0.2, 0.25) is 0 Å². The number of fused-ring (bicyclic) bond motifs is 1. The zero-order valence-corrected chi connectivity index (χ0v) is 13.4. The molecule has 0 saturated heterocycles. The number of aromatic nitrogens is 1. The Hall–Kier alpha value is -1.92. The normalized spacial score (nSPS) is 11.0. The molecule has 1 amide bonds. The number of hydrogen-bond acceptors (Lipinski definition) is 5. The predicted octanol–water partition coefficient (Wildman–Crippen LogP) is 3.52. The summed E-state index contributed by atoms with van der Waals surface area (Å²) in [6.45, 7) is 2.70. The molecule has 2 aromatic heterocycles. The molecular weight excluding hydrogens is 302 g/mol. The Balaban J connectivity index is 1.83. The van der Waals surface area contributed by atoms with Gasteiger partial charge in [-0.2, -0.15) is 0 Å². The first-order valence-electron chi connectivity index (χ1n) is 6.49. The molecule has 4 nitrogen and oxygen atoms in total. The van der Waals surface area contributed by atoms with Crippen molar-refractivity contribution in [3.63, 3.8) is 0 Å². The number of benzene rings is 1. The third kappa shape index (κ3) is 2.77. The molecule has 0 atom stereocenters. The average Bonchev–Trinajstić information content (AvgIpc) is 3.02. The summed E-state index contributed by atoms with van der Waals surface area (Å²) in [4.78, 5) is 19.7. The lowest BCUT2D eigenvalue weighted by atomic mass is 10.2. The summed E-state index contributed by atoms with van der Waals surface area (Å²) in [6, 6.07) is 7.59. The van der Waals surface area contributed by atoms with Gasteiger partial charge in [0.25, 0.3) is 5.91 Å². The van der Waals surface area contributed by atoms with Gasteiger partial charge in [0.15, 0.2) is 5.13 Å². The number of nitrogen functional groups attached to an aromatic ring is 1. The topological polar surface area (TPSA) is 59.2 Å². The highest BCUT2D eigenvalue weighted by molar-refractivity contribution is 7.22. The molecule has 21 heavy (non-hydrogen) atoms. The molecule has 0 bridgehead atoms. The van der Waals surface area contributed by atoms with Gasteiger partial charge in [-0.3, -0.25) is 4.79 Å². The van der Waals surface area contributed by atoms with E-state index in [9.17, 15) is 4.79 Å². The summed E-state index contributed by atoms with van der Waals surface area (Å²) >= 11 is 3.08. The predicted molar refractivity (Wildman–Crippen MR) is 88.9 cm³/mol. The van der Waals surface area contributed by atoms with Crippen molar-refractivity contribution in [1.29, 1.82) is 0 Å². The lowest BCUT2D eigenvalue weighted by molar-refractivity contribution is 0.0786. The van der Waals surface area contributed by atoms with Crippen LogP contribution in [-0.2, 0) is 6.54 Å². The van der Waals surface area contributed by atoms with Crippen LogP contribution in [0.1, 0.15) is 20.8 Å². The molecule has 0 radical (unpaired) electrons. The van der Waals surface area contributed by atoms with Crippen molar-refractivity contribution in [2.45, 2.75) is 13.5 Å². The van der Waals surface area contributed by atoms with E-state index in [1.807, 2.05) is 25.2 Å². The van der Waals surface area contributed by atoms with E-state index in [2.05, 4.69) is 23.4 Å². The molecule has 6 heteroatoms. The van der Waals surface area contributed by atoms with Crippen molar-refractivity contribution in [1.82, 2.24) is 9.88 Å². The lowest BCUT2D eigenvalue weighted by Crippen LogP contribution is -2.26. The maximum atomic E-state index is 12.5. The molecule has 0 aliphatic carbocycles. The van der Waals surface area contributed by atoms with Gasteiger partial charge in [-0.25, -0.2) is 4.98 Å². The van der Waals surface area contributed by atoms with Crippen LogP contribution in [0, 0.1) is 6.92 Å². The Labute approximate surface area is 130 Å². The van der Waals surface area contributed by atoms with Gasteiger partial charge in [-0.05, 0) is 42.1 Å². The fourth-order valence-corrected chi connectivity index (χ4v) is 3.88. The number of anilines is 1. The molecule has 3 aromatic rings. The number of thiophene rings is 1. The minimum absolute atomic E-state index is 0.0108. The van der Waals surface area contributed by atoms with Crippen molar-refractivity contribution in [3.8, 4) is 0 Å². The largest absolute Gasteiger partial charge is 0.375 e. The minimum atomic E-state index is 0.0108. The molecule has 108 valence electrons. The molecule has 3 rings (SSSR count). The number of amides is 1. The first-order valence-corrected chi connectivity index (χ1v) is 8.18. The van der Waals surface area contributed by atoms with Gasteiger partial charge in [0, 0.05) is 17.5 Å². The van der Waals surface area contributed by atoms with Crippen LogP contribution in [0.5, 0.6) is 0 Å². The van der Waals surface area contributed by atoms with Crippen LogP contribution in [0.3, 0.4) is 0 Å². The molecular formula is C15H15N3OS2. The van der Waals surface area contributed by atoms with Crippen LogP contribution in [0.25, 0.3) is 10.2 Å². The average molecular weight is 317 g/mol. The SMILES string of the molecule is Cc1ccsc1CN(C)C(=O)c1ccc2nc(N)sc2c1. The second-order valence-corrected chi connectivity index (χ2v) is 6.99. The molecule has 0 fully saturated rings. The second-order valence-electron chi connectivity index (χ2n) is 4.92. The van der Waals surface area contributed by atoms with E-state index >= 15 is 0 Å². The molecule has 0 spiro atoms. The molecule has 2 N–H and O–H groups in total. The van der Waals surface area contributed by atoms with E-state index in [0.717, 1.165) is 10.2 Å². The molecule has 0 aliphatic heterocycles. The quantitative estimate of drug-likeness (QED) is 0.804. The third-order valence-electron chi connectivity index (χ3n) is 3.35. The van der Waals surface area contributed by atoms with Gasteiger partial charge in [0.1, 0.15) is 0 Å². The third-order valence-corrected chi connectivity index (χ3v) is 5.20. The number of carbonyl (C=O) groups excluding carboxylic acids is 1. The fourth-order valence-electron chi connectivity index (χ4n) is 2.15. The smallest absolute Gasteiger partial charge is 0.253 e. The number of hydrogen-bond donors (Lipinski definition) is 1. The molecule has 0 aliphatic rings. The van der Waals surface area contributed by atoms with E-state index in [-0.39, 0.29) is 5.91 Å². The van der Waals surface area contributed by atoms with Crippen molar-refractivity contribution in [3.05, 3.63) is 45.6 Å². The van der Waals surface area contributed by atoms with Crippen LogP contribution >= 0.6 is 22.7 Å². The number of thiazole rings is 1. The maximum Gasteiger partial charge on any atom is 0.253 e. The van der Waals surface area contributed by atoms with Crippen molar-refractivity contribution in [2.24, 2.45) is 0 Å². The Morgan fingerprint density at radius 2 is 2.19 bits per heavy atom. The zero-order chi connectivity index (χ0) is 15.0. The first kappa shape index (κ1) is 14.0. The molecule has 0 saturated carbocycles. The number of rotatable bonds is 3. The van der Waals surface area contributed by atoms with Gasteiger partial charge in [0.2, 0.25) is 0 Å². The fraction of sp³-hybridized carbons (Fsp3) is 0.200. The first-order chi connectivity index (χ1) is 10.0. The summed E-state index contributed by atoms with van der Waals surface area (Å²) in [5.41, 5.74) is 8.43. The highest BCUT2D eigenvalue weighted by Gasteiger charge is 2.15. The van der Waals surface area contributed by atoms with Crippen LogP contribution in [0.15, 0.2) is 29.6 Å². The van der Waals surface area contributed by atoms with Crippen LogP contribution in [-0.4, -0.2) is 22.8 Å². The standard InChI is InChI=1S/C15H15N3OS2/c1-9-5-6-20-13(9)8-18(2)14(19)10-3-4-11-12(7-10)21-15(16)17-11/h3-7H,8H2,1-2H3,(H2,16,17). The number of aryl methyl sites for hydroxylation is 1. The molecule has 2 heterocycles. The van der Waals surface area contributed by atoms with E-state index in [4.69, 9.17) is 5.73 Å². The Kier molecular flexibility index (Phi) is 3.65. The minimum Gasteiger partial charge on any atom is -0.375 e. The van der Waals surface area contributed by atoms with E-state index in [0.29, 0.717) is 17.2 Å². The van der Waals surface area contributed by atoms with Gasteiger partial charge in [-0.1, -0.05) is 11.3 Å². The van der Waals surface area contributed by atoms with Gasteiger partial charge < -0.3 is 10.6 Å². The van der Waals surface area contributed by atoms with E-state index in [1.165, 1.54) is 21.8 Å². The summed E-state index contributed by atoms with van der Waals surface area (Å²) in [5.74, 6) is 0.0108. The van der Waals surface area contributed by atoms with Gasteiger partial charge in [-0.15, -0.1) is 11.3 Å². The summed E-state index contributed by atoms with van der Waals surface area (Å²) in [5, 5.41) is 2.58. The maximum absolute atomic E-state index is 12.5. The molecule has 0 unspecified atom stereocenters. The Bertz CT molecular complexity index is 806. The van der Waals surface area contributed by atoms with Crippen LogP contribution < -0.4 is 5.73 Å². The van der Waals surface area contributed by atoms with Crippen molar-refractivity contribution >= 4 is 43.9 Å². The van der Waals surface area contributed by atoms with Crippen molar-refractivity contribution in [2.75, 3.05) is 12.8 Å². The monoisotopic (exact) mass is 317 g/mol. The van der Waals surface area contributed by atoms with Gasteiger partial charge >= 0.3 is 0 Å². The highest BCUT2D eigenvalue weighted by atomic mass is 32.1. The highest BCUT2D eigenvalue weighted by Crippen LogP contribution is 2.25. The lowest BCUT2D eigenvalue weighted by Gasteiger charge is -2.17. The summed E-state index contributed by atoms with van der Waals surface area (Å²) in [7, 11) is 1.83.